The summed E-state index contributed by atoms with van der Waals surface area (Å²) in [6.07, 6.45) is -0.533. The fourth-order valence-electron chi connectivity index (χ4n) is 5.29. The van der Waals surface area contributed by atoms with E-state index in [1.165, 1.54) is 35.9 Å². The minimum absolute atomic E-state index is 0.00554. The van der Waals surface area contributed by atoms with Crippen LogP contribution in [0.4, 0.5) is 28.5 Å². The largest absolute Gasteiger partial charge is 0.573 e. The van der Waals surface area contributed by atoms with Crippen molar-refractivity contribution in [2.75, 3.05) is 29.9 Å². The molecule has 2 saturated heterocycles. The highest BCUT2D eigenvalue weighted by Crippen LogP contribution is 2.37. The van der Waals surface area contributed by atoms with Gasteiger partial charge in [0.15, 0.2) is 5.13 Å². The standard InChI is InChI=1S/C28H30F4N6O4S/c1-16-10-18(12-19(11-16)42-28(30,31)32)23-21(15-38-7-3-4-17(38)2)43-26(35-23)36-24(39)20-13-34-22(14-33-20)37-8-5-27(29,6-9-37)25(40)41/h10-14,17H,3-9,15H2,1-2H3,(H,40,41)(H,35,36,39)/t17-/m1/s1. The maximum absolute atomic E-state index is 14.4. The van der Waals surface area contributed by atoms with Crippen molar-refractivity contribution < 1.29 is 37.0 Å². The molecule has 2 aliphatic heterocycles. The van der Waals surface area contributed by atoms with E-state index in [1.807, 2.05) is 0 Å². The molecule has 2 N–H and O–H groups in total. The molecule has 10 nitrogen and oxygen atoms in total. The lowest BCUT2D eigenvalue weighted by Gasteiger charge is -2.34. The van der Waals surface area contributed by atoms with Gasteiger partial charge >= 0.3 is 12.3 Å². The molecule has 5 rings (SSSR count). The lowest BCUT2D eigenvalue weighted by atomic mass is 9.93. The number of hydrogen-bond acceptors (Lipinski definition) is 9. The van der Waals surface area contributed by atoms with Gasteiger partial charge in [0, 0.05) is 49.0 Å². The summed E-state index contributed by atoms with van der Waals surface area (Å²) in [5, 5.41) is 12.1. The third kappa shape index (κ3) is 7.21. The molecule has 4 heterocycles. The van der Waals surface area contributed by atoms with Crippen LogP contribution in [0.15, 0.2) is 30.6 Å². The summed E-state index contributed by atoms with van der Waals surface area (Å²) < 4.78 is 57.4. The summed E-state index contributed by atoms with van der Waals surface area (Å²) in [6.45, 7) is 5.44. The molecule has 0 unspecified atom stereocenters. The van der Waals surface area contributed by atoms with Gasteiger partial charge in [-0.1, -0.05) is 11.3 Å². The predicted octanol–water partition coefficient (Wildman–Crippen LogP) is 5.44. The summed E-state index contributed by atoms with van der Waals surface area (Å²) in [7, 11) is 0. The van der Waals surface area contributed by atoms with Crippen LogP contribution in [0.5, 0.6) is 5.75 Å². The molecular formula is C28H30F4N6O4S. The summed E-state index contributed by atoms with van der Waals surface area (Å²) in [4.78, 5) is 42.0. The van der Waals surface area contributed by atoms with Crippen molar-refractivity contribution in [2.45, 2.75) is 64.1 Å². The first kappa shape index (κ1) is 30.6. The zero-order valence-corrected chi connectivity index (χ0v) is 24.3. The van der Waals surface area contributed by atoms with Crippen molar-refractivity contribution in [3.63, 3.8) is 0 Å². The number of carbonyl (C=O) groups excluding carboxylic acids is 1. The Bertz CT molecular complexity index is 1490. The van der Waals surface area contributed by atoms with Crippen LogP contribution in [0.3, 0.4) is 0 Å². The van der Waals surface area contributed by atoms with Crippen LogP contribution < -0.4 is 15.0 Å². The molecular weight excluding hydrogens is 592 g/mol. The van der Waals surface area contributed by atoms with Gasteiger partial charge in [-0.05, 0) is 57.0 Å². The quantitative estimate of drug-likeness (QED) is 0.317. The van der Waals surface area contributed by atoms with Gasteiger partial charge < -0.3 is 14.7 Å². The molecule has 2 fully saturated rings. The fraction of sp³-hybridized carbons (Fsp3) is 0.464. The van der Waals surface area contributed by atoms with E-state index in [4.69, 9.17) is 5.11 Å². The van der Waals surface area contributed by atoms with Crippen molar-refractivity contribution in [2.24, 2.45) is 0 Å². The van der Waals surface area contributed by atoms with Gasteiger partial charge in [-0.3, -0.25) is 15.0 Å². The van der Waals surface area contributed by atoms with Crippen molar-refractivity contribution >= 4 is 34.2 Å². The molecule has 2 aliphatic rings. The van der Waals surface area contributed by atoms with Crippen LogP contribution in [-0.2, 0) is 11.3 Å². The number of benzene rings is 1. The second kappa shape index (κ2) is 12.0. The Morgan fingerprint density at radius 3 is 2.51 bits per heavy atom. The second-order valence-electron chi connectivity index (χ2n) is 10.8. The molecule has 230 valence electrons. The van der Waals surface area contributed by atoms with Gasteiger partial charge in [-0.2, -0.15) is 0 Å². The number of piperidine rings is 1. The maximum Gasteiger partial charge on any atom is 0.573 e. The summed E-state index contributed by atoms with van der Waals surface area (Å²) in [6, 6.07) is 4.62. The third-order valence-corrected chi connectivity index (χ3v) is 8.60. The number of aliphatic carboxylic acids is 1. The van der Waals surface area contributed by atoms with Crippen LogP contribution in [0.2, 0.25) is 0 Å². The summed E-state index contributed by atoms with van der Waals surface area (Å²) in [5.41, 5.74) is -0.836. The van der Waals surface area contributed by atoms with Gasteiger partial charge in [0.05, 0.1) is 18.1 Å². The van der Waals surface area contributed by atoms with Crippen molar-refractivity contribution in [1.29, 1.82) is 0 Å². The molecule has 3 aromatic rings. The van der Waals surface area contributed by atoms with Crippen LogP contribution in [0, 0.1) is 6.92 Å². The number of nitrogens with one attached hydrogen (secondary N) is 1. The zero-order valence-electron chi connectivity index (χ0n) is 23.4. The summed E-state index contributed by atoms with van der Waals surface area (Å²) >= 11 is 1.23. The molecule has 0 bridgehead atoms. The highest BCUT2D eigenvalue weighted by molar-refractivity contribution is 7.16. The number of halogens is 4. The minimum Gasteiger partial charge on any atom is -0.479 e. The average Bonchev–Trinajstić information content (AvgIpc) is 3.53. The van der Waals surface area contributed by atoms with E-state index in [2.05, 4.69) is 36.8 Å². The molecule has 1 atom stereocenters. The van der Waals surface area contributed by atoms with Crippen LogP contribution >= 0.6 is 11.3 Å². The van der Waals surface area contributed by atoms with Crippen LogP contribution in [0.1, 0.15) is 53.5 Å². The van der Waals surface area contributed by atoms with E-state index in [-0.39, 0.29) is 42.5 Å². The number of anilines is 2. The topological polar surface area (TPSA) is 121 Å². The molecule has 0 radical (unpaired) electrons. The Kier molecular flexibility index (Phi) is 8.56. The second-order valence-corrected chi connectivity index (χ2v) is 11.9. The Balaban J connectivity index is 1.35. The molecule has 2 aromatic heterocycles. The number of carboxylic acids is 1. The Morgan fingerprint density at radius 1 is 1.16 bits per heavy atom. The summed E-state index contributed by atoms with van der Waals surface area (Å²) in [5.74, 6) is -2.03. The third-order valence-electron chi connectivity index (χ3n) is 7.65. The number of alkyl halides is 4. The van der Waals surface area contributed by atoms with E-state index in [9.17, 15) is 27.2 Å². The molecule has 0 aliphatic carbocycles. The molecule has 0 saturated carbocycles. The van der Waals surface area contributed by atoms with Crippen LogP contribution in [0.25, 0.3) is 11.3 Å². The number of likely N-dealkylation sites (tertiary alicyclic amines) is 1. The highest BCUT2D eigenvalue weighted by Gasteiger charge is 2.42. The van der Waals surface area contributed by atoms with Gasteiger partial charge in [0.1, 0.15) is 17.3 Å². The first-order valence-electron chi connectivity index (χ1n) is 13.7. The highest BCUT2D eigenvalue weighted by atomic mass is 32.1. The van der Waals surface area contributed by atoms with E-state index >= 15 is 0 Å². The number of thiazole rings is 1. The van der Waals surface area contributed by atoms with Crippen LogP contribution in [-0.4, -0.2) is 74.5 Å². The van der Waals surface area contributed by atoms with Crippen molar-refractivity contribution in [3.05, 3.63) is 46.7 Å². The number of amides is 1. The predicted molar refractivity (Wildman–Crippen MR) is 151 cm³/mol. The number of carboxylic acid groups (broad SMARTS) is 1. The Morgan fingerprint density at radius 2 is 1.91 bits per heavy atom. The van der Waals surface area contributed by atoms with E-state index in [0.717, 1.165) is 24.3 Å². The zero-order chi connectivity index (χ0) is 30.9. The Hall–Kier alpha value is -3.85. The number of carbonyl (C=O) groups is 2. The fourth-order valence-corrected chi connectivity index (χ4v) is 6.30. The number of rotatable bonds is 8. The van der Waals surface area contributed by atoms with Gasteiger partial charge in [0.2, 0.25) is 5.67 Å². The first-order chi connectivity index (χ1) is 20.3. The van der Waals surface area contributed by atoms with E-state index < -0.39 is 23.9 Å². The first-order valence-corrected chi connectivity index (χ1v) is 14.5. The van der Waals surface area contributed by atoms with E-state index in [1.54, 1.807) is 17.9 Å². The SMILES string of the molecule is Cc1cc(OC(F)(F)F)cc(-c2nc(NC(=O)c3cnc(N4CCC(F)(C(=O)O)CC4)cn3)sc2CN2CCC[C@H]2C)c1. The smallest absolute Gasteiger partial charge is 0.479 e. The molecule has 43 heavy (non-hydrogen) atoms. The van der Waals surface area contributed by atoms with Crippen molar-refractivity contribution in [3.8, 4) is 17.0 Å². The van der Waals surface area contributed by atoms with Gasteiger partial charge in [0.25, 0.3) is 5.91 Å². The minimum atomic E-state index is -4.85. The number of nitrogens with zero attached hydrogens (tertiary/aromatic N) is 5. The molecule has 0 spiro atoms. The van der Waals surface area contributed by atoms with Crippen molar-refractivity contribution in [1.82, 2.24) is 19.9 Å². The van der Waals surface area contributed by atoms with E-state index in [0.29, 0.717) is 35.2 Å². The van der Waals surface area contributed by atoms with Gasteiger partial charge in [-0.25, -0.2) is 24.1 Å². The molecule has 1 amide bonds. The monoisotopic (exact) mass is 622 g/mol. The van der Waals surface area contributed by atoms with Gasteiger partial charge in [-0.15, -0.1) is 13.2 Å². The molecule has 1 aromatic carbocycles. The maximum atomic E-state index is 14.4. The number of aromatic nitrogens is 3. The lowest BCUT2D eigenvalue weighted by molar-refractivity contribution is -0.274. The number of ether oxygens (including phenoxy) is 1. The number of hydrogen-bond donors (Lipinski definition) is 2. The molecule has 15 heteroatoms. The number of aryl methyl sites for hydroxylation is 1. The lowest BCUT2D eigenvalue weighted by Crippen LogP contribution is -2.46. The normalized spacial score (nSPS) is 18.9. The average molecular weight is 623 g/mol. The Labute approximate surface area is 248 Å².